The van der Waals surface area contributed by atoms with Gasteiger partial charge in [-0.1, -0.05) is 11.8 Å². The second kappa shape index (κ2) is 5.13. The van der Waals surface area contributed by atoms with Crippen molar-refractivity contribution >= 4 is 29.5 Å². The largest absolute Gasteiger partial charge is 0.481 e. The molecule has 7 heteroatoms. The van der Waals surface area contributed by atoms with Crippen molar-refractivity contribution in [3.8, 4) is 0 Å². The summed E-state index contributed by atoms with van der Waals surface area (Å²) >= 11 is 3.23. The van der Waals surface area contributed by atoms with E-state index in [4.69, 9.17) is 5.11 Å². The van der Waals surface area contributed by atoms with E-state index in [0.29, 0.717) is 11.3 Å². The summed E-state index contributed by atoms with van der Waals surface area (Å²) in [6, 6.07) is 0.507. The lowest BCUT2D eigenvalue weighted by atomic mass is 10.2. The molecule has 0 bridgehead atoms. The van der Waals surface area contributed by atoms with E-state index >= 15 is 0 Å². The normalized spacial score (nSPS) is 23.4. The van der Waals surface area contributed by atoms with Crippen LogP contribution in [0, 0.1) is 0 Å². The highest BCUT2D eigenvalue weighted by atomic mass is 32.2. The zero-order valence-corrected chi connectivity index (χ0v) is 11.5. The minimum atomic E-state index is -0.804. The molecule has 1 aromatic heterocycles. The van der Waals surface area contributed by atoms with Crippen LogP contribution in [0.4, 0.5) is 0 Å². The number of carbonyl (C=O) groups is 1. The van der Waals surface area contributed by atoms with Crippen molar-refractivity contribution in [3.63, 3.8) is 0 Å². The summed E-state index contributed by atoms with van der Waals surface area (Å²) in [7, 11) is 0. The van der Waals surface area contributed by atoms with E-state index in [-0.39, 0.29) is 5.75 Å². The van der Waals surface area contributed by atoms with E-state index in [0.717, 1.165) is 11.0 Å². The molecule has 98 valence electrons. The zero-order chi connectivity index (χ0) is 12.5. The van der Waals surface area contributed by atoms with E-state index in [1.54, 1.807) is 0 Å². The lowest BCUT2D eigenvalue weighted by Crippen LogP contribution is -2.06. The van der Waals surface area contributed by atoms with Gasteiger partial charge in [0.05, 0.1) is 11.0 Å². The minimum Gasteiger partial charge on any atom is -0.481 e. The Balaban J connectivity index is 1.82. The molecule has 0 radical (unpaired) electrons. The van der Waals surface area contributed by atoms with Crippen molar-refractivity contribution in [3.05, 3.63) is 5.82 Å². The maximum absolute atomic E-state index is 10.7. The third kappa shape index (κ3) is 2.51. The van der Waals surface area contributed by atoms with Crippen LogP contribution < -0.4 is 0 Å². The maximum Gasteiger partial charge on any atom is 0.313 e. The molecule has 1 atom stereocenters. The first-order valence-electron chi connectivity index (χ1n) is 6.16. The number of aliphatic carboxylic acids is 1. The third-order valence-corrected chi connectivity index (χ3v) is 5.45. The molecule has 1 aromatic rings. The molecule has 0 aromatic carbocycles. The molecule has 2 heterocycles. The fourth-order valence-corrected chi connectivity index (χ4v) is 4.18. The van der Waals surface area contributed by atoms with Gasteiger partial charge in [-0.3, -0.25) is 4.79 Å². The summed E-state index contributed by atoms with van der Waals surface area (Å²) in [4.78, 5) is 10.7. The molecule has 1 unspecified atom stereocenters. The van der Waals surface area contributed by atoms with Gasteiger partial charge in [0.15, 0.2) is 5.16 Å². The van der Waals surface area contributed by atoms with Gasteiger partial charge in [-0.2, -0.15) is 11.8 Å². The summed E-state index contributed by atoms with van der Waals surface area (Å²) in [6.07, 6.45) is 4.75. The molecule has 1 aliphatic carbocycles. The maximum atomic E-state index is 10.7. The van der Waals surface area contributed by atoms with Gasteiger partial charge in [0.2, 0.25) is 0 Å². The van der Waals surface area contributed by atoms with E-state index in [9.17, 15) is 4.79 Å². The Bertz CT molecular complexity index is 453. The van der Waals surface area contributed by atoms with Crippen LogP contribution in [0.15, 0.2) is 5.16 Å². The van der Waals surface area contributed by atoms with Crippen LogP contribution in [0.2, 0.25) is 0 Å². The number of rotatable bonds is 5. The van der Waals surface area contributed by atoms with Gasteiger partial charge in [-0.05, 0) is 31.4 Å². The second-order valence-corrected chi connectivity index (χ2v) is 6.88. The predicted octanol–water partition coefficient (Wildman–Crippen LogP) is 2.36. The predicted molar refractivity (Wildman–Crippen MR) is 71.1 cm³/mol. The van der Waals surface area contributed by atoms with Gasteiger partial charge >= 0.3 is 5.97 Å². The molecule has 3 rings (SSSR count). The molecular formula is C11H15N3O2S2. The van der Waals surface area contributed by atoms with Crippen molar-refractivity contribution in [2.75, 3.05) is 11.5 Å². The Kier molecular flexibility index (Phi) is 3.52. The second-order valence-electron chi connectivity index (χ2n) is 4.63. The van der Waals surface area contributed by atoms with Gasteiger partial charge in [0.1, 0.15) is 5.82 Å². The minimum absolute atomic E-state index is 0.0582. The molecule has 1 saturated heterocycles. The van der Waals surface area contributed by atoms with E-state index in [1.165, 1.54) is 43.2 Å². The van der Waals surface area contributed by atoms with Crippen LogP contribution >= 0.6 is 23.5 Å². The summed E-state index contributed by atoms with van der Waals surface area (Å²) in [5, 5.41) is 18.5. The smallest absolute Gasteiger partial charge is 0.313 e. The molecule has 1 saturated carbocycles. The quantitative estimate of drug-likeness (QED) is 0.838. The highest BCUT2D eigenvalue weighted by Gasteiger charge is 2.33. The summed E-state index contributed by atoms with van der Waals surface area (Å²) < 4.78 is 2.19. The molecular weight excluding hydrogens is 270 g/mol. The monoisotopic (exact) mass is 285 g/mol. The molecule has 0 spiro atoms. The van der Waals surface area contributed by atoms with Crippen LogP contribution in [0.1, 0.15) is 42.8 Å². The number of carboxylic acids is 1. The molecule has 1 aliphatic heterocycles. The van der Waals surface area contributed by atoms with Gasteiger partial charge < -0.3 is 9.67 Å². The van der Waals surface area contributed by atoms with Crippen molar-refractivity contribution in [2.45, 2.75) is 42.1 Å². The van der Waals surface area contributed by atoms with Crippen LogP contribution in [-0.2, 0) is 4.79 Å². The van der Waals surface area contributed by atoms with Gasteiger partial charge in [0, 0.05) is 6.04 Å². The summed E-state index contributed by atoms with van der Waals surface area (Å²) in [5.74, 6) is 1.51. The number of hydrogen-bond acceptors (Lipinski definition) is 5. The molecule has 0 amide bonds. The SMILES string of the molecule is O=C(O)CSc1nnc(C2CCCS2)n1C1CC1. The number of carboxylic acid groups (broad SMARTS) is 1. The van der Waals surface area contributed by atoms with E-state index < -0.39 is 5.97 Å². The average molecular weight is 285 g/mol. The highest BCUT2D eigenvalue weighted by Crippen LogP contribution is 2.45. The third-order valence-electron chi connectivity index (χ3n) is 3.15. The number of nitrogens with zero attached hydrogens (tertiary/aromatic N) is 3. The Labute approximate surface area is 114 Å². The van der Waals surface area contributed by atoms with Crippen LogP contribution in [0.5, 0.6) is 0 Å². The number of thioether (sulfide) groups is 2. The standard InChI is InChI=1S/C11H15N3O2S2/c15-9(16)6-18-11-13-12-10(8-2-1-5-17-8)14(11)7-3-4-7/h7-8H,1-6H2,(H,15,16). The zero-order valence-electron chi connectivity index (χ0n) is 9.91. The highest BCUT2D eigenvalue weighted by molar-refractivity contribution is 8.00. The number of hydrogen-bond donors (Lipinski definition) is 1. The summed E-state index contributed by atoms with van der Waals surface area (Å²) in [6.45, 7) is 0. The number of aromatic nitrogens is 3. The van der Waals surface area contributed by atoms with Crippen LogP contribution in [0.25, 0.3) is 0 Å². The van der Waals surface area contributed by atoms with Gasteiger partial charge in [-0.25, -0.2) is 0 Å². The first-order valence-corrected chi connectivity index (χ1v) is 8.20. The fraction of sp³-hybridized carbons (Fsp3) is 0.727. The Morgan fingerprint density at radius 3 is 2.89 bits per heavy atom. The molecule has 5 nitrogen and oxygen atoms in total. The van der Waals surface area contributed by atoms with Crippen LogP contribution in [0.3, 0.4) is 0 Å². The Hall–Kier alpha value is -0.690. The van der Waals surface area contributed by atoms with Crippen LogP contribution in [-0.4, -0.2) is 37.3 Å². The van der Waals surface area contributed by atoms with E-state index in [2.05, 4.69) is 14.8 Å². The molecule has 18 heavy (non-hydrogen) atoms. The first kappa shape index (κ1) is 12.3. The van der Waals surface area contributed by atoms with Crippen molar-refractivity contribution in [2.24, 2.45) is 0 Å². The lowest BCUT2D eigenvalue weighted by molar-refractivity contribution is -0.133. The van der Waals surface area contributed by atoms with Crippen molar-refractivity contribution in [1.82, 2.24) is 14.8 Å². The molecule has 1 N–H and O–H groups in total. The first-order chi connectivity index (χ1) is 8.75. The summed E-state index contributed by atoms with van der Waals surface area (Å²) in [5.41, 5.74) is 0. The van der Waals surface area contributed by atoms with Gasteiger partial charge in [-0.15, -0.1) is 10.2 Å². The molecule has 2 aliphatic rings. The van der Waals surface area contributed by atoms with Crippen molar-refractivity contribution < 1.29 is 9.90 Å². The fourth-order valence-electron chi connectivity index (χ4n) is 2.19. The van der Waals surface area contributed by atoms with E-state index in [1.807, 2.05) is 11.8 Å². The molecule has 2 fully saturated rings. The van der Waals surface area contributed by atoms with Gasteiger partial charge in [0.25, 0.3) is 0 Å². The Morgan fingerprint density at radius 1 is 1.44 bits per heavy atom. The average Bonchev–Trinajstić information content (AvgIpc) is 2.90. The Morgan fingerprint density at radius 2 is 2.28 bits per heavy atom. The topological polar surface area (TPSA) is 68.0 Å². The lowest BCUT2D eigenvalue weighted by Gasteiger charge is -2.11. The van der Waals surface area contributed by atoms with Crippen molar-refractivity contribution in [1.29, 1.82) is 0 Å².